The maximum absolute atomic E-state index is 9.86. The second-order valence-electron chi connectivity index (χ2n) is 8.85. The number of hydrogen-bond donors (Lipinski definition) is 1. The van der Waals surface area contributed by atoms with E-state index in [1.807, 2.05) is 32.1 Å². The second kappa shape index (κ2) is 8.23. The first-order chi connectivity index (χ1) is 15.7. The van der Waals surface area contributed by atoms with E-state index in [0.29, 0.717) is 28.4 Å². The highest BCUT2D eigenvalue weighted by molar-refractivity contribution is 7.15. The number of aromatic amines is 1. The van der Waals surface area contributed by atoms with Gasteiger partial charge in [-0.05, 0) is 43.0 Å². The smallest absolute Gasteiger partial charge is 0.215 e. The van der Waals surface area contributed by atoms with Gasteiger partial charge in [-0.2, -0.15) is 10.5 Å². The van der Waals surface area contributed by atoms with Crippen molar-refractivity contribution in [3.8, 4) is 23.0 Å². The van der Waals surface area contributed by atoms with Gasteiger partial charge in [0.15, 0.2) is 0 Å². The Kier molecular flexibility index (Phi) is 5.57. The van der Waals surface area contributed by atoms with Crippen LogP contribution in [0.5, 0.6) is 5.88 Å². The SMILES string of the molecule is COc1cc2nc(C(C#N)=Cc3cc(C)n(-c4sc(C(C)(C)C)cc4C#N)c3C)[nH]c2cn1. The van der Waals surface area contributed by atoms with E-state index >= 15 is 0 Å². The Bertz CT molecular complexity index is 1480. The maximum atomic E-state index is 9.86. The van der Waals surface area contributed by atoms with Gasteiger partial charge in [0.25, 0.3) is 0 Å². The van der Waals surface area contributed by atoms with Gasteiger partial charge in [-0.1, -0.05) is 20.8 Å². The fourth-order valence-corrected chi connectivity index (χ4v) is 4.96. The van der Waals surface area contributed by atoms with Crippen molar-refractivity contribution in [2.45, 2.75) is 40.0 Å². The number of hydrogen-bond acceptors (Lipinski definition) is 6. The number of aryl methyl sites for hydroxylation is 1. The van der Waals surface area contributed by atoms with Crippen LogP contribution in [-0.4, -0.2) is 26.6 Å². The van der Waals surface area contributed by atoms with Crippen LogP contribution in [0.1, 0.15) is 54.0 Å². The molecule has 4 heterocycles. The maximum Gasteiger partial charge on any atom is 0.215 e. The van der Waals surface area contributed by atoms with E-state index in [1.165, 1.54) is 0 Å². The first-order valence-electron chi connectivity index (χ1n) is 10.4. The minimum absolute atomic E-state index is 0.0426. The molecule has 0 atom stereocenters. The summed E-state index contributed by atoms with van der Waals surface area (Å²) in [4.78, 5) is 13.0. The van der Waals surface area contributed by atoms with Crippen LogP contribution in [0.25, 0.3) is 27.7 Å². The number of pyridine rings is 1. The van der Waals surface area contributed by atoms with Gasteiger partial charge in [0.05, 0.1) is 35.5 Å². The lowest BCUT2D eigenvalue weighted by atomic mass is 9.94. The molecular formula is C25H24N6OS. The van der Waals surface area contributed by atoms with Gasteiger partial charge in [0, 0.05) is 22.3 Å². The van der Waals surface area contributed by atoms with Gasteiger partial charge in [0.1, 0.15) is 23.0 Å². The molecule has 0 saturated carbocycles. The van der Waals surface area contributed by atoms with E-state index in [-0.39, 0.29) is 5.41 Å². The quantitative estimate of drug-likeness (QED) is 0.399. The molecule has 4 rings (SSSR count). The second-order valence-corrected chi connectivity index (χ2v) is 9.88. The number of nitriles is 2. The van der Waals surface area contributed by atoms with E-state index in [0.717, 1.165) is 32.3 Å². The van der Waals surface area contributed by atoms with Gasteiger partial charge in [0.2, 0.25) is 5.88 Å². The van der Waals surface area contributed by atoms with Crippen molar-refractivity contribution in [1.82, 2.24) is 19.5 Å². The molecule has 0 saturated heterocycles. The Morgan fingerprint density at radius 3 is 2.61 bits per heavy atom. The fraction of sp³-hybridized carbons (Fsp3) is 0.280. The van der Waals surface area contributed by atoms with Crippen molar-refractivity contribution in [3.05, 3.63) is 57.6 Å². The van der Waals surface area contributed by atoms with Crippen molar-refractivity contribution in [2.24, 2.45) is 0 Å². The number of H-pyrrole nitrogens is 1. The lowest BCUT2D eigenvalue weighted by molar-refractivity contribution is 0.398. The topological polar surface area (TPSA) is 103 Å². The summed E-state index contributed by atoms with van der Waals surface area (Å²) >= 11 is 1.63. The average Bonchev–Trinajstić information content (AvgIpc) is 3.46. The number of aromatic nitrogens is 4. The molecule has 8 heteroatoms. The monoisotopic (exact) mass is 456 g/mol. The van der Waals surface area contributed by atoms with E-state index in [4.69, 9.17) is 4.74 Å². The number of ether oxygens (including phenoxy) is 1. The minimum atomic E-state index is -0.0426. The number of thiophene rings is 1. The number of imidazole rings is 1. The highest BCUT2D eigenvalue weighted by Crippen LogP contribution is 2.37. The Hall–Kier alpha value is -3.88. The summed E-state index contributed by atoms with van der Waals surface area (Å²) in [5.41, 5.74) is 5.27. The van der Waals surface area contributed by atoms with Crippen LogP contribution in [0.15, 0.2) is 24.4 Å². The van der Waals surface area contributed by atoms with Crippen LogP contribution in [-0.2, 0) is 5.41 Å². The summed E-state index contributed by atoms with van der Waals surface area (Å²) in [6.07, 6.45) is 3.46. The molecule has 0 aromatic carbocycles. The predicted octanol–water partition coefficient (Wildman–Crippen LogP) is 5.67. The summed E-state index contributed by atoms with van der Waals surface area (Å²) in [6, 6.07) is 10.3. The summed E-state index contributed by atoms with van der Waals surface area (Å²) in [6.45, 7) is 10.4. The summed E-state index contributed by atoms with van der Waals surface area (Å²) < 4.78 is 7.25. The van der Waals surface area contributed by atoms with Crippen LogP contribution >= 0.6 is 11.3 Å². The zero-order valence-corrected chi connectivity index (χ0v) is 20.3. The van der Waals surface area contributed by atoms with Gasteiger partial charge < -0.3 is 14.3 Å². The van der Waals surface area contributed by atoms with Gasteiger partial charge >= 0.3 is 0 Å². The first-order valence-corrected chi connectivity index (χ1v) is 11.2. The molecule has 0 spiro atoms. The third-order valence-corrected chi connectivity index (χ3v) is 7.02. The van der Waals surface area contributed by atoms with Crippen molar-refractivity contribution in [3.63, 3.8) is 0 Å². The number of fused-ring (bicyclic) bond motifs is 1. The van der Waals surface area contributed by atoms with Crippen LogP contribution < -0.4 is 4.74 Å². The lowest BCUT2D eigenvalue weighted by Gasteiger charge is -2.15. The number of nitrogens with one attached hydrogen (secondary N) is 1. The summed E-state index contributed by atoms with van der Waals surface area (Å²) in [7, 11) is 1.55. The number of nitrogens with zero attached hydrogens (tertiary/aromatic N) is 5. The molecule has 1 N–H and O–H groups in total. The lowest BCUT2D eigenvalue weighted by Crippen LogP contribution is -2.07. The van der Waals surface area contributed by atoms with E-state index in [1.54, 1.807) is 30.7 Å². The van der Waals surface area contributed by atoms with Gasteiger partial charge in [-0.3, -0.25) is 0 Å². The Morgan fingerprint density at radius 1 is 1.21 bits per heavy atom. The van der Waals surface area contributed by atoms with Gasteiger partial charge in [-0.25, -0.2) is 9.97 Å². The van der Waals surface area contributed by atoms with E-state index in [2.05, 4.69) is 52.4 Å². The largest absolute Gasteiger partial charge is 0.481 e. The Balaban J connectivity index is 1.81. The van der Waals surface area contributed by atoms with Crippen LogP contribution in [0, 0.1) is 36.5 Å². The number of rotatable bonds is 4. The third kappa shape index (κ3) is 4.02. The van der Waals surface area contributed by atoms with Crippen molar-refractivity contribution < 1.29 is 4.74 Å². The van der Waals surface area contributed by atoms with Crippen molar-refractivity contribution in [2.75, 3.05) is 7.11 Å². The Labute approximate surface area is 196 Å². The van der Waals surface area contributed by atoms with E-state index < -0.39 is 0 Å². The van der Waals surface area contributed by atoms with Crippen LogP contribution in [0.4, 0.5) is 0 Å². The molecule has 0 radical (unpaired) electrons. The molecule has 0 aliphatic heterocycles. The van der Waals surface area contributed by atoms with Gasteiger partial charge in [-0.15, -0.1) is 11.3 Å². The molecule has 4 aromatic rings. The van der Waals surface area contributed by atoms with Crippen molar-refractivity contribution >= 4 is 34.0 Å². The normalized spacial score (nSPS) is 12.1. The average molecular weight is 457 g/mol. The Morgan fingerprint density at radius 2 is 1.97 bits per heavy atom. The molecule has 0 fully saturated rings. The van der Waals surface area contributed by atoms with Crippen LogP contribution in [0.2, 0.25) is 0 Å². The molecule has 33 heavy (non-hydrogen) atoms. The molecular weight excluding hydrogens is 432 g/mol. The van der Waals surface area contributed by atoms with Crippen molar-refractivity contribution in [1.29, 1.82) is 10.5 Å². The molecule has 0 aliphatic rings. The third-order valence-electron chi connectivity index (χ3n) is 5.47. The molecule has 0 bridgehead atoms. The van der Waals surface area contributed by atoms with E-state index in [9.17, 15) is 10.5 Å². The number of methoxy groups -OCH3 is 1. The number of allylic oxidation sites excluding steroid dienone is 1. The molecule has 4 aromatic heterocycles. The zero-order chi connectivity index (χ0) is 23.9. The first kappa shape index (κ1) is 22.3. The molecule has 0 amide bonds. The standard InChI is InChI=1S/C25H24N6OS/c1-14-7-16(15(2)31(14)24-18(12-27)9-21(33-24)25(3,4)5)8-17(11-26)23-29-19-10-22(32-6)28-13-20(19)30-23/h7-10,13H,1-6H3,(H,29,30). The molecule has 166 valence electrons. The molecule has 0 aliphatic carbocycles. The predicted molar refractivity (Wildman–Crippen MR) is 130 cm³/mol. The molecule has 0 unspecified atom stereocenters. The summed E-state index contributed by atoms with van der Waals surface area (Å²) in [5.74, 6) is 0.932. The van der Waals surface area contributed by atoms with Crippen LogP contribution in [0.3, 0.4) is 0 Å². The fourth-order valence-electron chi connectivity index (χ4n) is 3.68. The molecule has 7 nitrogen and oxygen atoms in total. The zero-order valence-electron chi connectivity index (χ0n) is 19.4. The minimum Gasteiger partial charge on any atom is -0.481 e. The summed E-state index contributed by atoms with van der Waals surface area (Å²) in [5, 5.41) is 20.5. The highest BCUT2D eigenvalue weighted by Gasteiger charge is 2.22. The highest BCUT2D eigenvalue weighted by atomic mass is 32.1.